The van der Waals surface area contributed by atoms with Gasteiger partial charge < -0.3 is 10.2 Å². The van der Waals surface area contributed by atoms with Crippen LogP contribution in [0.3, 0.4) is 0 Å². The first-order chi connectivity index (χ1) is 18.0. The van der Waals surface area contributed by atoms with Crippen molar-refractivity contribution in [2.75, 3.05) is 17.4 Å². The molecular weight excluding hydrogens is 592 g/mol. The molecule has 12 heteroatoms. The smallest absolute Gasteiger partial charge is 0.264 e. The normalized spacial score (nSPS) is 12.1. The van der Waals surface area contributed by atoms with Crippen molar-refractivity contribution < 1.29 is 18.0 Å². The fourth-order valence-corrected chi connectivity index (χ4v) is 5.87. The van der Waals surface area contributed by atoms with Gasteiger partial charge in [0.1, 0.15) is 12.6 Å². The number of hydrogen-bond acceptors (Lipinski definition) is 4. The van der Waals surface area contributed by atoms with E-state index in [2.05, 4.69) is 5.32 Å². The molecule has 0 unspecified atom stereocenters. The molecule has 0 radical (unpaired) electrons. The van der Waals surface area contributed by atoms with E-state index in [1.807, 2.05) is 0 Å². The molecule has 3 aromatic carbocycles. The quantitative estimate of drug-likeness (QED) is 0.300. The molecule has 0 heterocycles. The third-order valence-electron chi connectivity index (χ3n) is 5.67. The topological polar surface area (TPSA) is 86.8 Å². The first kappa shape index (κ1) is 30.1. The number of amides is 2. The average Bonchev–Trinajstić information content (AvgIpc) is 2.89. The van der Waals surface area contributed by atoms with Crippen molar-refractivity contribution in [1.82, 2.24) is 10.2 Å². The molecule has 0 bridgehead atoms. The summed E-state index contributed by atoms with van der Waals surface area (Å²) < 4.78 is 28.4. The summed E-state index contributed by atoms with van der Waals surface area (Å²) >= 11 is 24.8. The number of anilines is 1. The molecule has 0 fully saturated rings. The van der Waals surface area contributed by atoms with E-state index in [1.54, 1.807) is 50.2 Å². The fourth-order valence-electron chi connectivity index (χ4n) is 3.66. The summed E-state index contributed by atoms with van der Waals surface area (Å²) in [5.41, 5.74) is 0.624. The lowest BCUT2D eigenvalue weighted by molar-refractivity contribution is -0.139. The number of hydrogen-bond donors (Lipinski definition) is 1. The van der Waals surface area contributed by atoms with Gasteiger partial charge in [0.2, 0.25) is 11.8 Å². The lowest BCUT2D eigenvalue weighted by Gasteiger charge is -2.32. The number of nitrogens with one attached hydrogen (secondary N) is 1. The van der Waals surface area contributed by atoms with E-state index in [0.717, 1.165) is 4.31 Å². The molecule has 0 aliphatic heterocycles. The molecule has 3 aromatic rings. The monoisotopic (exact) mass is 615 g/mol. The van der Waals surface area contributed by atoms with Crippen LogP contribution in [0.2, 0.25) is 20.1 Å². The maximum Gasteiger partial charge on any atom is 0.264 e. The molecule has 1 N–H and O–H groups in total. The van der Waals surface area contributed by atoms with Crippen LogP contribution in [-0.2, 0) is 26.2 Å². The molecule has 0 aliphatic carbocycles. The SMILES string of the molecule is CCNC(=O)[C@H](C)N(Cc1ccc(Cl)c(Cl)c1)C(=O)CN(c1cccc(Cl)c1Cl)S(=O)(=O)c1ccccc1. The van der Waals surface area contributed by atoms with Crippen molar-refractivity contribution in [2.45, 2.75) is 31.3 Å². The van der Waals surface area contributed by atoms with Crippen LogP contribution in [0.5, 0.6) is 0 Å². The van der Waals surface area contributed by atoms with Crippen LogP contribution in [0.1, 0.15) is 19.4 Å². The first-order valence-electron chi connectivity index (χ1n) is 11.5. The van der Waals surface area contributed by atoms with Crippen LogP contribution in [0, 0.1) is 0 Å². The Labute approximate surface area is 242 Å². The number of benzene rings is 3. The molecule has 0 aliphatic rings. The zero-order valence-corrected chi connectivity index (χ0v) is 24.3. The van der Waals surface area contributed by atoms with Gasteiger partial charge in [-0.3, -0.25) is 13.9 Å². The van der Waals surface area contributed by atoms with Gasteiger partial charge in [0, 0.05) is 13.1 Å². The van der Waals surface area contributed by atoms with Gasteiger partial charge in [0.15, 0.2) is 0 Å². The van der Waals surface area contributed by atoms with Crippen molar-refractivity contribution in [2.24, 2.45) is 0 Å². The summed E-state index contributed by atoms with van der Waals surface area (Å²) in [6, 6.07) is 16.0. The Morgan fingerprint density at radius 3 is 2.21 bits per heavy atom. The van der Waals surface area contributed by atoms with Crippen molar-refractivity contribution in [3.8, 4) is 0 Å². The molecule has 3 rings (SSSR count). The van der Waals surface area contributed by atoms with E-state index in [0.29, 0.717) is 17.1 Å². The van der Waals surface area contributed by atoms with E-state index in [1.165, 1.54) is 35.2 Å². The van der Waals surface area contributed by atoms with E-state index in [4.69, 9.17) is 46.4 Å². The third-order valence-corrected chi connectivity index (χ3v) is 8.99. The summed E-state index contributed by atoms with van der Waals surface area (Å²) in [6.45, 7) is 2.98. The fraction of sp³-hybridized carbons (Fsp3) is 0.231. The van der Waals surface area contributed by atoms with Gasteiger partial charge in [-0.15, -0.1) is 0 Å². The Kier molecular flexibility index (Phi) is 10.3. The lowest BCUT2D eigenvalue weighted by Crippen LogP contribution is -2.51. The van der Waals surface area contributed by atoms with Crippen molar-refractivity contribution >= 4 is 73.9 Å². The summed E-state index contributed by atoms with van der Waals surface area (Å²) in [5.74, 6) is -1.05. The van der Waals surface area contributed by atoms with Gasteiger partial charge in [-0.05, 0) is 55.8 Å². The summed E-state index contributed by atoms with van der Waals surface area (Å²) in [6.07, 6.45) is 0. The summed E-state index contributed by atoms with van der Waals surface area (Å²) in [7, 11) is -4.26. The second-order valence-corrected chi connectivity index (χ2v) is 11.7. The highest BCUT2D eigenvalue weighted by Crippen LogP contribution is 2.35. The number of nitrogens with zero attached hydrogens (tertiary/aromatic N) is 2. The molecule has 1 atom stereocenters. The molecule has 0 saturated carbocycles. The van der Waals surface area contributed by atoms with Gasteiger partial charge in [-0.1, -0.05) is 76.7 Å². The second kappa shape index (κ2) is 13.0. The van der Waals surface area contributed by atoms with E-state index < -0.39 is 34.4 Å². The predicted molar refractivity (Wildman–Crippen MR) is 153 cm³/mol. The Morgan fingerprint density at radius 1 is 0.895 bits per heavy atom. The number of halogens is 4. The van der Waals surface area contributed by atoms with Gasteiger partial charge in [-0.2, -0.15) is 0 Å². The number of sulfonamides is 1. The van der Waals surface area contributed by atoms with Crippen molar-refractivity contribution in [1.29, 1.82) is 0 Å². The standard InChI is InChI=1S/C26H25Cl4N3O4S/c1-3-31-26(35)17(2)32(15-18-12-13-20(27)22(29)14-18)24(34)16-33(23-11-7-10-21(28)25(23)30)38(36,37)19-8-5-4-6-9-19/h4-14,17H,3,15-16H2,1-2H3,(H,31,35)/t17-/m0/s1. The molecule has 0 aromatic heterocycles. The van der Waals surface area contributed by atoms with Gasteiger partial charge in [-0.25, -0.2) is 8.42 Å². The Bertz CT molecular complexity index is 1420. The highest BCUT2D eigenvalue weighted by atomic mass is 35.5. The average molecular weight is 617 g/mol. The Balaban J connectivity index is 2.07. The number of carbonyl (C=O) groups is 2. The van der Waals surface area contributed by atoms with Crippen LogP contribution < -0.4 is 9.62 Å². The Morgan fingerprint density at radius 2 is 1.58 bits per heavy atom. The minimum atomic E-state index is -4.26. The molecule has 0 spiro atoms. The largest absolute Gasteiger partial charge is 0.355 e. The van der Waals surface area contributed by atoms with Crippen LogP contribution in [0.15, 0.2) is 71.6 Å². The molecule has 38 heavy (non-hydrogen) atoms. The summed E-state index contributed by atoms with van der Waals surface area (Å²) in [5, 5.41) is 3.39. The van der Waals surface area contributed by atoms with E-state index >= 15 is 0 Å². The van der Waals surface area contributed by atoms with Gasteiger partial charge >= 0.3 is 0 Å². The number of carbonyl (C=O) groups excluding carboxylic acids is 2. The molecular formula is C26H25Cl4N3O4S. The second-order valence-electron chi connectivity index (χ2n) is 8.24. The lowest BCUT2D eigenvalue weighted by atomic mass is 10.1. The van der Waals surface area contributed by atoms with E-state index in [9.17, 15) is 18.0 Å². The van der Waals surface area contributed by atoms with Gasteiger partial charge in [0.25, 0.3) is 10.0 Å². The highest BCUT2D eigenvalue weighted by Gasteiger charge is 2.33. The van der Waals surface area contributed by atoms with Crippen LogP contribution in [0.25, 0.3) is 0 Å². The van der Waals surface area contributed by atoms with Crippen molar-refractivity contribution in [3.63, 3.8) is 0 Å². The van der Waals surface area contributed by atoms with Gasteiger partial charge in [0.05, 0.1) is 30.7 Å². The summed E-state index contributed by atoms with van der Waals surface area (Å²) in [4.78, 5) is 27.8. The number of rotatable bonds is 10. The first-order valence-corrected chi connectivity index (χ1v) is 14.5. The maximum absolute atomic E-state index is 13.8. The number of likely N-dealkylation sites (N-methyl/N-ethyl adjacent to an activating group) is 1. The third kappa shape index (κ3) is 6.93. The highest BCUT2D eigenvalue weighted by molar-refractivity contribution is 7.92. The Hall–Kier alpha value is -2.49. The molecule has 7 nitrogen and oxygen atoms in total. The maximum atomic E-state index is 13.8. The molecule has 2 amide bonds. The predicted octanol–water partition coefficient (Wildman–Crippen LogP) is 6.05. The molecule has 0 saturated heterocycles. The minimum absolute atomic E-state index is 0.0246. The minimum Gasteiger partial charge on any atom is -0.355 e. The van der Waals surface area contributed by atoms with Crippen LogP contribution in [0.4, 0.5) is 5.69 Å². The zero-order chi connectivity index (χ0) is 28.0. The van der Waals surface area contributed by atoms with Crippen LogP contribution in [-0.4, -0.2) is 44.3 Å². The van der Waals surface area contributed by atoms with Crippen LogP contribution >= 0.6 is 46.4 Å². The van der Waals surface area contributed by atoms with E-state index in [-0.39, 0.29) is 32.2 Å². The molecule has 202 valence electrons. The van der Waals surface area contributed by atoms with Crippen molar-refractivity contribution in [3.05, 3.63) is 92.4 Å². The zero-order valence-electron chi connectivity index (χ0n) is 20.5.